The third-order valence-corrected chi connectivity index (χ3v) is 8.43. The van der Waals surface area contributed by atoms with Crippen LogP contribution in [-0.2, 0) is 26.0 Å². The zero-order valence-electron chi connectivity index (χ0n) is 19.2. The molecule has 8 heteroatoms. The summed E-state index contributed by atoms with van der Waals surface area (Å²) in [5, 5.41) is 3.00. The molecular weight excluding hydrogens is 438 g/mol. The van der Waals surface area contributed by atoms with Gasteiger partial charge in [-0.25, -0.2) is 8.42 Å². The average molecular weight is 470 g/mol. The molecule has 33 heavy (non-hydrogen) atoms. The molecule has 2 amide bonds. The van der Waals surface area contributed by atoms with Crippen molar-refractivity contribution < 1.29 is 18.0 Å². The van der Waals surface area contributed by atoms with Gasteiger partial charge in [0.25, 0.3) is 0 Å². The van der Waals surface area contributed by atoms with E-state index in [1.54, 1.807) is 22.5 Å². The van der Waals surface area contributed by atoms with E-state index in [9.17, 15) is 18.0 Å². The molecule has 2 aromatic carbocycles. The first-order valence-corrected chi connectivity index (χ1v) is 13.0. The summed E-state index contributed by atoms with van der Waals surface area (Å²) in [7, 11) is -3.61. The van der Waals surface area contributed by atoms with E-state index in [1.165, 1.54) is 11.8 Å². The van der Waals surface area contributed by atoms with Crippen LogP contribution < -0.4 is 10.2 Å². The molecule has 0 bridgehead atoms. The molecule has 0 saturated carbocycles. The van der Waals surface area contributed by atoms with Crippen LogP contribution in [0.2, 0.25) is 0 Å². The molecule has 2 aliphatic rings. The van der Waals surface area contributed by atoms with E-state index in [0.717, 1.165) is 31.2 Å². The molecule has 4 rings (SSSR count). The second-order valence-electron chi connectivity index (χ2n) is 8.86. The molecular formula is C25H31N3O4S. The zero-order chi connectivity index (χ0) is 23.6. The predicted octanol–water partition coefficient (Wildman–Crippen LogP) is 3.41. The van der Waals surface area contributed by atoms with Crippen molar-refractivity contribution in [3.8, 4) is 0 Å². The molecule has 2 heterocycles. The molecule has 0 unspecified atom stereocenters. The van der Waals surface area contributed by atoms with E-state index in [1.807, 2.05) is 37.3 Å². The average Bonchev–Trinajstić information content (AvgIpc) is 2.97. The van der Waals surface area contributed by atoms with E-state index in [2.05, 4.69) is 5.32 Å². The minimum atomic E-state index is -3.61. The first-order valence-electron chi connectivity index (χ1n) is 11.6. The Morgan fingerprint density at radius 3 is 2.30 bits per heavy atom. The number of anilines is 1. The summed E-state index contributed by atoms with van der Waals surface area (Å²) in [6, 6.07) is 13.6. The molecule has 0 radical (unpaired) electrons. The van der Waals surface area contributed by atoms with Crippen molar-refractivity contribution in [3.05, 3.63) is 59.7 Å². The van der Waals surface area contributed by atoms with Crippen molar-refractivity contribution in [2.45, 2.75) is 62.9 Å². The number of hydrogen-bond donors (Lipinski definition) is 1. The Hall–Kier alpha value is -2.71. The van der Waals surface area contributed by atoms with Crippen molar-refractivity contribution in [2.75, 3.05) is 18.0 Å². The standard InChI is InChI=1S/C25H31N3O4S/c1-18(20-10-6-5-7-11-20)26-25(30)24-17-21-16-22(12-13-23(21)28(24)19(2)29)33(31,32)27-14-8-3-4-9-15-27/h5-7,10-13,16,18,24H,3-4,8-9,14-15,17H2,1-2H3,(H,26,30)/t18-,24-/m0/s1. The van der Waals surface area contributed by atoms with Crippen molar-refractivity contribution in [3.63, 3.8) is 0 Å². The van der Waals surface area contributed by atoms with Gasteiger partial charge in [-0.05, 0) is 49.1 Å². The van der Waals surface area contributed by atoms with Gasteiger partial charge in [0.15, 0.2) is 0 Å². The largest absolute Gasteiger partial charge is 0.348 e. The van der Waals surface area contributed by atoms with Crippen LogP contribution in [0.5, 0.6) is 0 Å². The van der Waals surface area contributed by atoms with Gasteiger partial charge in [0.1, 0.15) is 6.04 Å². The molecule has 2 aliphatic heterocycles. The summed E-state index contributed by atoms with van der Waals surface area (Å²) < 4.78 is 28.0. The van der Waals surface area contributed by atoms with E-state index < -0.39 is 16.1 Å². The third-order valence-electron chi connectivity index (χ3n) is 6.54. The van der Waals surface area contributed by atoms with Gasteiger partial charge in [0.2, 0.25) is 21.8 Å². The molecule has 1 N–H and O–H groups in total. The van der Waals surface area contributed by atoms with Gasteiger partial charge in [-0.15, -0.1) is 0 Å². The van der Waals surface area contributed by atoms with Crippen LogP contribution in [0.4, 0.5) is 5.69 Å². The fourth-order valence-electron chi connectivity index (χ4n) is 4.75. The minimum Gasteiger partial charge on any atom is -0.348 e. The van der Waals surface area contributed by atoms with Crippen molar-refractivity contribution in [1.82, 2.24) is 9.62 Å². The highest BCUT2D eigenvalue weighted by molar-refractivity contribution is 7.89. The number of sulfonamides is 1. The lowest BCUT2D eigenvalue weighted by molar-refractivity contribution is -0.126. The summed E-state index contributed by atoms with van der Waals surface area (Å²) in [6.45, 7) is 4.39. The van der Waals surface area contributed by atoms with Gasteiger partial charge >= 0.3 is 0 Å². The van der Waals surface area contributed by atoms with Crippen molar-refractivity contribution in [1.29, 1.82) is 0 Å². The summed E-state index contributed by atoms with van der Waals surface area (Å²) in [5.74, 6) is -0.501. The van der Waals surface area contributed by atoms with E-state index in [-0.39, 0.29) is 29.2 Å². The van der Waals surface area contributed by atoms with Gasteiger partial charge < -0.3 is 5.32 Å². The quantitative estimate of drug-likeness (QED) is 0.727. The second kappa shape index (κ2) is 9.65. The summed E-state index contributed by atoms with van der Waals surface area (Å²) in [4.78, 5) is 27.3. The lowest BCUT2D eigenvalue weighted by Gasteiger charge is -2.25. The highest BCUT2D eigenvalue weighted by Gasteiger charge is 2.38. The highest BCUT2D eigenvalue weighted by atomic mass is 32.2. The number of nitrogens with one attached hydrogen (secondary N) is 1. The number of benzene rings is 2. The molecule has 0 aromatic heterocycles. The number of fused-ring (bicyclic) bond motifs is 1. The SMILES string of the molecule is CC(=O)N1c2ccc(S(=O)(=O)N3CCCCCC3)cc2C[C@H]1C(=O)N[C@@H](C)c1ccccc1. The maximum absolute atomic E-state index is 13.2. The fourth-order valence-corrected chi connectivity index (χ4v) is 6.32. The van der Waals surface area contributed by atoms with Crippen LogP contribution in [0, 0.1) is 0 Å². The molecule has 2 aromatic rings. The van der Waals surface area contributed by atoms with Gasteiger partial charge in [-0.3, -0.25) is 14.5 Å². The van der Waals surface area contributed by atoms with Gasteiger partial charge in [-0.1, -0.05) is 43.2 Å². The predicted molar refractivity (Wildman–Crippen MR) is 127 cm³/mol. The second-order valence-corrected chi connectivity index (χ2v) is 10.8. The maximum Gasteiger partial charge on any atom is 0.244 e. The molecule has 0 aliphatic carbocycles. The van der Waals surface area contributed by atoms with Crippen LogP contribution in [0.15, 0.2) is 53.4 Å². The summed E-state index contributed by atoms with van der Waals surface area (Å²) in [5.41, 5.74) is 2.28. The number of nitrogens with zero attached hydrogens (tertiary/aromatic N) is 2. The number of amides is 2. The van der Waals surface area contributed by atoms with Crippen LogP contribution in [0.25, 0.3) is 0 Å². The monoisotopic (exact) mass is 469 g/mol. The Bertz CT molecular complexity index is 1130. The van der Waals surface area contributed by atoms with Gasteiger partial charge in [-0.2, -0.15) is 4.31 Å². The Morgan fingerprint density at radius 1 is 1.00 bits per heavy atom. The lowest BCUT2D eigenvalue weighted by Crippen LogP contribution is -2.47. The molecule has 0 spiro atoms. The molecule has 2 atom stereocenters. The molecule has 176 valence electrons. The lowest BCUT2D eigenvalue weighted by atomic mass is 10.1. The van der Waals surface area contributed by atoms with Gasteiger partial charge in [0.05, 0.1) is 10.9 Å². The smallest absolute Gasteiger partial charge is 0.244 e. The highest BCUT2D eigenvalue weighted by Crippen LogP contribution is 2.35. The summed E-state index contributed by atoms with van der Waals surface area (Å²) in [6.07, 6.45) is 4.10. The number of hydrogen-bond acceptors (Lipinski definition) is 4. The number of carbonyl (C=O) groups is 2. The zero-order valence-corrected chi connectivity index (χ0v) is 20.0. The Labute approximate surface area is 195 Å². The Kier molecular flexibility index (Phi) is 6.86. The Morgan fingerprint density at radius 2 is 1.67 bits per heavy atom. The third kappa shape index (κ3) is 4.82. The first-order chi connectivity index (χ1) is 15.8. The van der Waals surface area contributed by atoms with Crippen LogP contribution in [0.3, 0.4) is 0 Å². The van der Waals surface area contributed by atoms with Crippen LogP contribution in [0.1, 0.15) is 56.7 Å². The normalized spacial score (nSPS) is 20.1. The molecule has 7 nitrogen and oxygen atoms in total. The fraction of sp³-hybridized carbons (Fsp3) is 0.440. The minimum absolute atomic E-state index is 0.213. The van der Waals surface area contributed by atoms with E-state index in [0.29, 0.717) is 24.3 Å². The molecule has 1 fully saturated rings. The molecule has 1 saturated heterocycles. The van der Waals surface area contributed by atoms with Crippen molar-refractivity contribution in [2.24, 2.45) is 0 Å². The number of carbonyl (C=O) groups excluding carboxylic acids is 2. The summed E-state index contributed by atoms with van der Waals surface area (Å²) >= 11 is 0. The Balaban J connectivity index is 1.57. The van der Waals surface area contributed by atoms with Crippen molar-refractivity contribution >= 4 is 27.5 Å². The van der Waals surface area contributed by atoms with Crippen LogP contribution >= 0.6 is 0 Å². The van der Waals surface area contributed by atoms with E-state index in [4.69, 9.17) is 0 Å². The topological polar surface area (TPSA) is 86.8 Å². The van der Waals surface area contributed by atoms with E-state index >= 15 is 0 Å². The van der Waals surface area contributed by atoms with Crippen LogP contribution in [-0.4, -0.2) is 43.7 Å². The number of rotatable bonds is 5. The van der Waals surface area contributed by atoms with Gasteiger partial charge in [0, 0.05) is 32.1 Å². The maximum atomic E-state index is 13.2. The first kappa shape index (κ1) is 23.4.